The summed E-state index contributed by atoms with van der Waals surface area (Å²) in [6.07, 6.45) is 0. The summed E-state index contributed by atoms with van der Waals surface area (Å²) in [5.41, 5.74) is 0.416. The number of rotatable bonds is 7. The molecule has 0 aromatic heterocycles. The second-order valence-corrected chi connectivity index (χ2v) is 9.17. The van der Waals surface area contributed by atoms with Crippen LogP contribution in [0.5, 0.6) is 11.5 Å². The molecule has 0 saturated heterocycles. The van der Waals surface area contributed by atoms with Gasteiger partial charge >= 0.3 is 12.0 Å². The van der Waals surface area contributed by atoms with Crippen molar-refractivity contribution in [2.45, 2.75) is 10.9 Å². The van der Waals surface area contributed by atoms with Crippen molar-refractivity contribution >= 4 is 33.4 Å². The molecule has 32 heavy (non-hydrogen) atoms. The van der Waals surface area contributed by atoms with Gasteiger partial charge in [-0.1, -0.05) is 23.7 Å². The first-order chi connectivity index (χ1) is 15.2. The Balaban J connectivity index is 2.08. The number of carbonyl (C=O) groups is 2. The Morgan fingerprint density at radius 2 is 1.69 bits per heavy atom. The minimum atomic E-state index is -3.99. The summed E-state index contributed by atoms with van der Waals surface area (Å²) in [6, 6.07) is 8.99. The number of esters is 1. The predicted molar refractivity (Wildman–Crippen MR) is 117 cm³/mol. The minimum Gasteiger partial charge on any atom is -0.493 e. The lowest BCUT2D eigenvalue weighted by Gasteiger charge is -2.29. The second kappa shape index (κ2) is 9.49. The Morgan fingerprint density at radius 3 is 2.28 bits per heavy atom. The molecule has 0 saturated carbocycles. The number of benzene rings is 2. The van der Waals surface area contributed by atoms with Crippen molar-refractivity contribution in [1.82, 2.24) is 10.6 Å². The number of sulfone groups is 1. The smallest absolute Gasteiger partial charge is 0.338 e. The molecule has 1 heterocycles. The van der Waals surface area contributed by atoms with E-state index in [9.17, 15) is 18.0 Å². The number of hydrogen-bond donors (Lipinski definition) is 2. The fraction of sp³-hybridized carbons (Fsp3) is 0.238. The maximum Gasteiger partial charge on any atom is 0.338 e. The third kappa shape index (κ3) is 4.81. The number of carbonyl (C=O) groups excluding carboxylic acids is 2. The van der Waals surface area contributed by atoms with E-state index in [1.807, 2.05) is 0 Å². The fourth-order valence-corrected chi connectivity index (χ4v) is 4.73. The third-order valence-corrected chi connectivity index (χ3v) is 6.70. The van der Waals surface area contributed by atoms with Crippen LogP contribution < -0.4 is 20.1 Å². The van der Waals surface area contributed by atoms with E-state index in [0.29, 0.717) is 16.3 Å². The lowest BCUT2D eigenvalue weighted by molar-refractivity contribution is -0.136. The summed E-state index contributed by atoms with van der Waals surface area (Å²) in [5, 5.41) is 5.53. The van der Waals surface area contributed by atoms with Gasteiger partial charge in [-0.15, -0.1) is 0 Å². The van der Waals surface area contributed by atoms with Crippen molar-refractivity contribution < 1.29 is 32.2 Å². The summed E-state index contributed by atoms with van der Waals surface area (Å²) in [4.78, 5) is 24.9. The first-order valence-corrected chi connectivity index (χ1v) is 11.3. The Morgan fingerprint density at radius 1 is 1.03 bits per heavy atom. The zero-order valence-electron chi connectivity index (χ0n) is 17.5. The van der Waals surface area contributed by atoms with Crippen molar-refractivity contribution in [3.8, 4) is 11.5 Å². The Kier molecular flexibility index (Phi) is 6.95. The zero-order chi connectivity index (χ0) is 23.5. The summed E-state index contributed by atoms with van der Waals surface area (Å²) < 4.78 is 41.5. The normalized spacial score (nSPS) is 16.1. The van der Waals surface area contributed by atoms with Crippen molar-refractivity contribution in [1.29, 1.82) is 0 Å². The molecule has 0 bridgehead atoms. The molecule has 0 aliphatic carbocycles. The highest BCUT2D eigenvalue weighted by molar-refractivity contribution is 7.91. The van der Waals surface area contributed by atoms with Gasteiger partial charge in [0.2, 0.25) is 0 Å². The van der Waals surface area contributed by atoms with Gasteiger partial charge in [-0.25, -0.2) is 18.0 Å². The van der Waals surface area contributed by atoms with Gasteiger partial charge < -0.3 is 24.8 Å². The van der Waals surface area contributed by atoms with Crippen molar-refractivity contribution in [2.24, 2.45) is 0 Å². The van der Waals surface area contributed by atoms with Crippen LogP contribution in [-0.4, -0.2) is 47.5 Å². The molecule has 1 atom stereocenters. The highest BCUT2D eigenvalue weighted by Crippen LogP contribution is 2.32. The van der Waals surface area contributed by atoms with Crippen LogP contribution in [-0.2, 0) is 19.4 Å². The van der Waals surface area contributed by atoms with Gasteiger partial charge in [0.15, 0.2) is 21.3 Å². The Bertz CT molecular complexity index is 1180. The number of methoxy groups -OCH3 is 3. The molecule has 11 heteroatoms. The van der Waals surface area contributed by atoms with Crippen LogP contribution in [0.25, 0.3) is 0 Å². The average molecular weight is 481 g/mol. The van der Waals surface area contributed by atoms with Gasteiger partial charge in [0, 0.05) is 16.8 Å². The number of hydrogen-bond acceptors (Lipinski definition) is 7. The van der Waals surface area contributed by atoms with E-state index in [-0.39, 0.29) is 21.9 Å². The van der Waals surface area contributed by atoms with Gasteiger partial charge in [0.25, 0.3) is 0 Å². The van der Waals surface area contributed by atoms with E-state index in [1.54, 1.807) is 24.3 Å². The number of halogens is 1. The van der Waals surface area contributed by atoms with Crippen LogP contribution in [0.2, 0.25) is 5.02 Å². The Hall–Kier alpha value is -3.24. The maximum atomic E-state index is 13.1. The molecule has 1 aliphatic heterocycles. The molecule has 2 amide bonds. The molecule has 0 unspecified atom stereocenters. The summed E-state index contributed by atoms with van der Waals surface area (Å²) >= 11 is 5.93. The molecule has 3 rings (SSSR count). The highest BCUT2D eigenvalue weighted by Gasteiger charge is 2.35. The lowest BCUT2D eigenvalue weighted by atomic mass is 9.95. The molecule has 2 aromatic rings. The topological polar surface area (TPSA) is 120 Å². The van der Waals surface area contributed by atoms with Gasteiger partial charge in [0.05, 0.1) is 43.6 Å². The van der Waals surface area contributed by atoms with Gasteiger partial charge in [-0.2, -0.15) is 0 Å². The van der Waals surface area contributed by atoms with Crippen molar-refractivity contribution in [3.63, 3.8) is 0 Å². The van der Waals surface area contributed by atoms with Crippen LogP contribution >= 0.6 is 11.6 Å². The van der Waals surface area contributed by atoms with Crippen LogP contribution in [0, 0.1) is 0 Å². The summed E-state index contributed by atoms with van der Waals surface area (Å²) in [7, 11) is -0.00465. The average Bonchev–Trinajstić information content (AvgIpc) is 2.77. The monoisotopic (exact) mass is 480 g/mol. The molecule has 0 fully saturated rings. The number of ether oxygens (including phenoxy) is 3. The Labute approximate surface area is 190 Å². The third-order valence-electron chi connectivity index (χ3n) is 4.81. The second-order valence-electron chi connectivity index (χ2n) is 6.74. The SMILES string of the molecule is COC(=O)C1=C(CS(=O)(=O)c2ccc(OC)c(OC)c2)NC(=O)N[C@H]1c1ccc(Cl)cc1. The van der Waals surface area contributed by atoms with E-state index < -0.39 is 33.6 Å². The molecular formula is C21H21ClN2O7S. The molecular weight excluding hydrogens is 460 g/mol. The van der Waals surface area contributed by atoms with Crippen molar-refractivity contribution in [3.05, 3.63) is 64.3 Å². The van der Waals surface area contributed by atoms with Crippen LogP contribution in [0.15, 0.2) is 58.6 Å². The van der Waals surface area contributed by atoms with E-state index in [1.165, 1.54) is 39.5 Å². The molecule has 2 aromatic carbocycles. The number of amides is 2. The number of nitrogens with one attached hydrogen (secondary N) is 2. The van der Waals surface area contributed by atoms with E-state index in [0.717, 1.165) is 0 Å². The molecule has 0 radical (unpaired) electrons. The van der Waals surface area contributed by atoms with E-state index >= 15 is 0 Å². The van der Waals surface area contributed by atoms with Crippen LogP contribution in [0.1, 0.15) is 11.6 Å². The zero-order valence-corrected chi connectivity index (χ0v) is 19.0. The molecule has 0 spiro atoms. The predicted octanol–water partition coefficient (Wildman–Crippen LogP) is 2.61. The first kappa shape index (κ1) is 23.4. The van der Waals surface area contributed by atoms with Gasteiger partial charge in [-0.3, -0.25) is 0 Å². The number of urea groups is 1. The van der Waals surface area contributed by atoms with Gasteiger partial charge in [-0.05, 0) is 29.8 Å². The lowest BCUT2D eigenvalue weighted by Crippen LogP contribution is -2.47. The van der Waals surface area contributed by atoms with E-state index in [4.69, 9.17) is 25.8 Å². The standard InChI is InChI=1S/C21H21ClN2O7S/c1-29-16-9-8-14(10-17(16)30-2)32(27,28)11-15-18(20(25)31-3)19(24-21(26)23-15)12-4-6-13(22)7-5-12/h4-10,19H,11H2,1-3H3,(H2,23,24,26)/t19-/m0/s1. The van der Waals surface area contributed by atoms with Crippen molar-refractivity contribution in [2.75, 3.05) is 27.1 Å². The quantitative estimate of drug-likeness (QED) is 0.584. The van der Waals surface area contributed by atoms with E-state index in [2.05, 4.69) is 10.6 Å². The molecule has 1 aliphatic rings. The molecule has 170 valence electrons. The molecule has 2 N–H and O–H groups in total. The fourth-order valence-electron chi connectivity index (χ4n) is 3.27. The molecule has 9 nitrogen and oxygen atoms in total. The minimum absolute atomic E-state index is 0.0292. The largest absolute Gasteiger partial charge is 0.493 e. The highest BCUT2D eigenvalue weighted by atomic mass is 35.5. The van der Waals surface area contributed by atoms with Crippen LogP contribution in [0.4, 0.5) is 4.79 Å². The summed E-state index contributed by atoms with van der Waals surface area (Å²) in [5.74, 6) is -0.845. The summed E-state index contributed by atoms with van der Waals surface area (Å²) in [6.45, 7) is 0. The van der Waals surface area contributed by atoms with Gasteiger partial charge in [0.1, 0.15) is 0 Å². The maximum absolute atomic E-state index is 13.1. The van der Waals surface area contributed by atoms with Crippen LogP contribution in [0.3, 0.4) is 0 Å². The first-order valence-electron chi connectivity index (χ1n) is 9.29.